The number of nitrogens with one attached hydrogen (secondary N) is 2. The maximum Gasteiger partial charge on any atom is 0.233 e. The van der Waals surface area contributed by atoms with Crippen LogP contribution in [0.1, 0.15) is 36.8 Å². The molecule has 190 valence electrons. The van der Waals surface area contributed by atoms with E-state index in [-0.39, 0.29) is 17.7 Å². The average molecular weight is 481 g/mol. The van der Waals surface area contributed by atoms with E-state index in [0.29, 0.717) is 26.2 Å². The molecule has 2 amide bonds. The zero-order valence-electron chi connectivity index (χ0n) is 20.9. The van der Waals surface area contributed by atoms with Crippen LogP contribution in [0.3, 0.4) is 0 Å². The molecule has 1 saturated heterocycles. The number of likely N-dealkylation sites (tertiary alicyclic amines) is 1. The Kier molecular flexibility index (Phi) is 10.7. The monoisotopic (exact) mass is 480 g/mol. The van der Waals surface area contributed by atoms with Crippen LogP contribution in [0.2, 0.25) is 0 Å². The molecule has 0 bridgehead atoms. The number of nitrogens with zero attached hydrogens (tertiary/aromatic N) is 1. The van der Waals surface area contributed by atoms with Gasteiger partial charge in [0.05, 0.1) is 13.2 Å². The molecule has 7 heteroatoms. The fraction of sp³-hybridized carbons (Fsp3) is 0.500. The van der Waals surface area contributed by atoms with Crippen molar-refractivity contribution in [1.29, 1.82) is 0 Å². The molecular weight excluding hydrogens is 440 g/mol. The summed E-state index contributed by atoms with van der Waals surface area (Å²) in [6, 6.07) is 20.0. The quantitative estimate of drug-likeness (QED) is 0.340. The minimum absolute atomic E-state index is 0.0214. The number of carbonyl (C=O) groups excluding carboxylic acids is 2. The van der Waals surface area contributed by atoms with E-state index in [1.807, 2.05) is 60.7 Å². The summed E-state index contributed by atoms with van der Waals surface area (Å²) in [6.07, 6.45) is 4.00. The molecule has 0 aromatic heterocycles. The highest BCUT2D eigenvalue weighted by Crippen LogP contribution is 2.43. The molecule has 7 nitrogen and oxygen atoms in total. The number of ether oxygens (including phenoxy) is 1. The third-order valence-electron chi connectivity index (χ3n) is 6.97. The largest absolute Gasteiger partial charge is 0.383 e. The zero-order chi connectivity index (χ0) is 24.9. The van der Waals surface area contributed by atoms with Gasteiger partial charge in [-0.15, -0.1) is 0 Å². The summed E-state index contributed by atoms with van der Waals surface area (Å²) in [6.45, 7) is 5.08. The van der Waals surface area contributed by atoms with Crippen molar-refractivity contribution in [3.8, 4) is 0 Å². The van der Waals surface area contributed by atoms with Crippen LogP contribution in [-0.2, 0) is 19.7 Å². The highest BCUT2D eigenvalue weighted by atomic mass is 16.5. The first-order chi connectivity index (χ1) is 17.1. The molecule has 35 heavy (non-hydrogen) atoms. The van der Waals surface area contributed by atoms with Gasteiger partial charge in [-0.3, -0.25) is 9.59 Å². The Morgan fingerprint density at radius 2 is 1.66 bits per heavy atom. The van der Waals surface area contributed by atoms with E-state index < -0.39 is 5.41 Å². The van der Waals surface area contributed by atoms with E-state index in [4.69, 9.17) is 10.5 Å². The molecule has 2 aromatic rings. The lowest BCUT2D eigenvalue weighted by Gasteiger charge is -2.37. The second-order valence-corrected chi connectivity index (χ2v) is 9.27. The van der Waals surface area contributed by atoms with Crippen molar-refractivity contribution in [2.75, 3.05) is 53.0 Å². The number of hydrogen-bond donors (Lipinski definition) is 3. The number of benzene rings is 2. The normalized spacial score (nSPS) is 16.3. The SMILES string of the molecule is COCCNCC(=O)NCCCCCN1CC[C@@H](C(C(N)=O)(c2ccccc2)c2ccccc2)C1. The number of methoxy groups -OCH3 is 1. The summed E-state index contributed by atoms with van der Waals surface area (Å²) >= 11 is 0. The van der Waals surface area contributed by atoms with Gasteiger partial charge in [-0.1, -0.05) is 67.1 Å². The van der Waals surface area contributed by atoms with Crippen molar-refractivity contribution in [2.45, 2.75) is 31.1 Å². The van der Waals surface area contributed by atoms with Crippen molar-refractivity contribution >= 4 is 11.8 Å². The summed E-state index contributed by atoms with van der Waals surface area (Å²) in [7, 11) is 1.64. The first kappa shape index (κ1) is 26.9. The Balaban J connectivity index is 1.51. The second-order valence-electron chi connectivity index (χ2n) is 9.27. The predicted molar refractivity (Wildman–Crippen MR) is 139 cm³/mol. The Morgan fingerprint density at radius 1 is 1.00 bits per heavy atom. The van der Waals surface area contributed by atoms with Crippen molar-refractivity contribution in [1.82, 2.24) is 15.5 Å². The van der Waals surface area contributed by atoms with Gasteiger partial charge in [0.25, 0.3) is 0 Å². The van der Waals surface area contributed by atoms with Gasteiger partial charge in [-0.25, -0.2) is 0 Å². The highest BCUT2D eigenvalue weighted by Gasteiger charge is 2.49. The van der Waals surface area contributed by atoms with Gasteiger partial charge in [0.1, 0.15) is 5.41 Å². The highest BCUT2D eigenvalue weighted by molar-refractivity contribution is 5.91. The van der Waals surface area contributed by atoms with Crippen molar-refractivity contribution < 1.29 is 14.3 Å². The van der Waals surface area contributed by atoms with Crippen LogP contribution in [0.25, 0.3) is 0 Å². The third-order valence-corrected chi connectivity index (χ3v) is 6.97. The molecule has 1 aliphatic heterocycles. The minimum atomic E-state index is -0.834. The van der Waals surface area contributed by atoms with Gasteiger partial charge in [0.15, 0.2) is 0 Å². The second kappa shape index (κ2) is 14.0. The summed E-state index contributed by atoms with van der Waals surface area (Å²) in [5.74, 6) is -0.142. The molecule has 1 aliphatic rings. The summed E-state index contributed by atoms with van der Waals surface area (Å²) < 4.78 is 4.95. The van der Waals surface area contributed by atoms with Crippen LogP contribution >= 0.6 is 0 Å². The first-order valence-corrected chi connectivity index (χ1v) is 12.7. The van der Waals surface area contributed by atoms with E-state index in [9.17, 15) is 9.59 Å². The third kappa shape index (κ3) is 7.13. The van der Waals surface area contributed by atoms with E-state index in [1.165, 1.54) is 0 Å². The number of unbranched alkanes of at least 4 members (excludes halogenated alkanes) is 2. The smallest absolute Gasteiger partial charge is 0.233 e. The molecule has 0 radical (unpaired) electrons. The number of nitrogens with two attached hydrogens (primary N) is 1. The average Bonchev–Trinajstić information content (AvgIpc) is 3.34. The fourth-order valence-corrected chi connectivity index (χ4v) is 5.22. The van der Waals surface area contributed by atoms with Crippen LogP contribution in [-0.4, -0.2) is 69.7 Å². The van der Waals surface area contributed by atoms with Crippen molar-refractivity contribution in [2.24, 2.45) is 11.7 Å². The van der Waals surface area contributed by atoms with Crippen molar-refractivity contribution in [3.63, 3.8) is 0 Å². The zero-order valence-corrected chi connectivity index (χ0v) is 20.9. The summed E-state index contributed by atoms with van der Waals surface area (Å²) in [5, 5.41) is 6.00. The molecule has 1 heterocycles. The van der Waals surface area contributed by atoms with Gasteiger partial charge in [-0.05, 0) is 49.4 Å². The summed E-state index contributed by atoms with van der Waals surface area (Å²) in [4.78, 5) is 27.4. The fourth-order valence-electron chi connectivity index (χ4n) is 5.22. The lowest BCUT2D eigenvalue weighted by atomic mass is 9.64. The minimum Gasteiger partial charge on any atom is -0.383 e. The van der Waals surface area contributed by atoms with Crippen LogP contribution in [0.5, 0.6) is 0 Å². The molecule has 0 unspecified atom stereocenters. The molecule has 1 atom stereocenters. The Bertz CT molecular complexity index is 867. The van der Waals surface area contributed by atoms with E-state index in [2.05, 4.69) is 15.5 Å². The Labute approximate surface area is 209 Å². The molecule has 0 aliphatic carbocycles. The maximum absolute atomic E-state index is 13.2. The first-order valence-electron chi connectivity index (χ1n) is 12.7. The summed E-state index contributed by atoms with van der Waals surface area (Å²) in [5.41, 5.74) is 7.29. The van der Waals surface area contributed by atoms with Crippen LogP contribution in [0.4, 0.5) is 0 Å². The molecule has 2 aromatic carbocycles. The van der Waals surface area contributed by atoms with E-state index in [1.54, 1.807) is 7.11 Å². The lowest BCUT2D eigenvalue weighted by Crippen LogP contribution is -2.49. The molecular formula is C28H40N4O3. The van der Waals surface area contributed by atoms with Gasteiger partial charge in [0.2, 0.25) is 11.8 Å². The maximum atomic E-state index is 13.2. The standard InChI is InChI=1S/C28H40N4O3/c1-35-20-17-30-21-26(33)31-16-9-4-10-18-32-19-15-25(22-32)28(27(29)34,23-11-5-2-6-12-23)24-13-7-3-8-14-24/h2-3,5-8,11-14,25,30H,4,9-10,15-22H2,1H3,(H2,29,34)(H,31,33)/t25-/m1/s1. The molecule has 1 fully saturated rings. The van der Waals surface area contributed by atoms with Gasteiger partial charge >= 0.3 is 0 Å². The van der Waals surface area contributed by atoms with Gasteiger partial charge < -0.3 is 26.0 Å². The number of carbonyl (C=O) groups is 2. The Hall–Kier alpha value is -2.74. The molecule has 4 N–H and O–H groups in total. The molecule has 3 rings (SSSR count). The van der Waals surface area contributed by atoms with Crippen LogP contribution < -0.4 is 16.4 Å². The predicted octanol–water partition coefficient (Wildman–Crippen LogP) is 2.30. The van der Waals surface area contributed by atoms with Crippen LogP contribution in [0, 0.1) is 5.92 Å². The van der Waals surface area contributed by atoms with Crippen LogP contribution in [0.15, 0.2) is 60.7 Å². The van der Waals surface area contributed by atoms with Gasteiger partial charge in [-0.2, -0.15) is 0 Å². The molecule has 0 saturated carbocycles. The number of hydrogen-bond acceptors (Lipinski definition) is 5. The Morgan fingerprint density at radius 3 is 2.26 bits per heavy atom. The lowest BCUT2D eigenvalue weighted by molar-refractivity contribution is -0.124. The number of primary amides is 1. The molecule has 0 spiro atoms. The van der Waals surface area contributed by atoms with E-state index >= 15 is 0 Å². The van der Waals surface area contributed by atoms with E-state index in [0.717, 1.165) is 56.4 Å². The van der Waals surface area contributed by atoms with Gasteiger partial charge in [0, 0.05) is 26.7 Å². The van der Waals surface area contributed by atoms with Crippen molar-refractivity contribution in [3.05, 3.63) is 71.8 Å². The number of rotatable bonds is 15. The topological polar surface area (TPSA) is 96.7 Å². The number of amides is 2.